The maximum atomic E-state index is 12.8. The van der Waals surface area contributed by atoms with Crippen LogP contribution in [0.1, 0.15) is 66.8 Å². The molecule has 2 aliphatic rings. The lowest BCUT2D eigenvalue weighted by Gasteiger charge is -2.13. The molecule has 4 rings (SSSR count). The number of nitrogens with one attached hydrogen (secondary N) is 1. The van der Waals surface area contributed by atoms with Gasteiger partial charge in [0.1, 0.15) is 0 Å². The SMILES string of the molecule is Cc1nn([C@H]2CCS(=O)(=O)C2)c2nc(C3CC3)cc(C(=O)NC(C)C)c12. The van der Waals surface area contributed by atoms with Crippen LogP contribution in [0.4, 0.5) is 0 Å². The third kappa shape index (κ3) is 3.11. The summed E-state index contributed by atoms with van der Waals surface area (Å²) < 4.78 is 25.6. The Hall–Kier alpha value is -1.96. The molecule has 2 fully saturated rings. The van der Waals surface area contributed by atoms with Crippen LogP contribution in [0, 0.1) is 6.92 Å². The quantitative estimate of drug-likeness (QED) is 0.882. The molecule has 1 aliphatic carbocycles. The van der Waals surface area contributed by atoms with Crippen LogP contribution in [-0.4, -0.2) is 46.6 Å². The van der Waals surface area contributed by atoms with Crippen molar-refractivity contribution in [3.63, 3.8) is 0 Å². The molecule has 1 N–H and O–H groups in total. The van der Waals surface area contributed by atoms with Crippen LogP contribution in [0.25, 0.3) is 11.0 Å². The van der Waals surface area contributed by atoms with Gasteiger partial charge in [-0.2, -0.15) is 5.10 Å². The smallest absolute Gasteiger partial charge is 0.252 e. The van der Waals surface area contributed by atoms with Crippen LogP contribution < -0.4 is 5.32 Å². The molecule has 8 heteroatoms. The molecular weight excluding hydrogens is 352 g/mol. The minimum Gasteiger partial charge on any atom is -0.350 e. The van der Waals surface area contributed by atoms with Crippen LogP contribution >= 0.6 is 0 Å². The summed E-state index contributed by atoms with van der Waals surface area (Å²) in [6.45, 7) is 5.71. The third-order valence-electron chi connectivity index (χ3n) is 5.07. The first-order valence-corrected chi connectivity index (χ1v) is 11.0. The molecule has 1 aliphatic heterocycles. The van der Waals surface area contributed by atoms with Gasteiger partial charge < -0.3 is 5.32 Å². The minimum atomic E-state index is -3.03. The molecule has 1 amide bonds. The minimum absolute atomic E-state index is 0.0328. The number of aryl methyl sites for hydroxylation is 1. The molecule has 26 heavy (non-hydrogen) atoms. The molecule has 1 atom stereocenters. The molecule has 3 heterocycles. The summed E-state index contributed by atoms with van der Waals surface area (Å²) >= 11 is 0. The first-order chi connectivity index (χ1) is 12.2. The maximum Gasteiger partial charge on any atom is 0.252 e. The van der Waals surface area contributed by atoms with Crippen molar-refractivity contribution in [1.82, 2.24) is 20.1 Å². The van der Waals surface area contributed by atoms with Crippen LogP contribution in [0.2, 0.25) is 0 Å². The number of hydrogen-bond donors (Lipinski definition) is 1. The summed E-state index contributed by atoms with van der Waals surface area (Å²) in [6, 6.07) is 1.71. The highest BCUT2D eigenvalue weighted by Gasteiger charge is 2.34. The van der Waals surface area contributed by atoms with E-state index in [4.69, 9.17) is 4.98 Å². The summed E-state index contributed by atoms with van der Waals surface area (Å²) in [5, 5.41) is 8.28. The van der Waals surface area contributed by atoms with Gasteiger partial charge in [0.05, 0.1) is 34.2 Å². The summed E-state index contributed by atoms with van der Waals surface area (Å²) in [6.07, 6.45) is 2.70. The second-order valence-electron chi connectivity index (χ2n) is 7.78. The van der Waals surface area contributed by atoms with Gasteiger partial charge in [0.15, 0.2) is 15.5 Å². The fourth-order valence-corrected chi connectivity index (χ4v) is 5.35. The van der Waals surface area contributed by atoms with Crippen LogP contribution in [0.5, 0.6) is 0 Å². The Balaban J connectivity index is 1.88. The Bertz CT molecular complexity index is 990. The van der Waals surface area contributed by atoms with Gasteiger partial charge >= 0.3 is 0 Å². The van der Waals surface area contributed by atoms with E-state index in [0.717, 1.165) is 23.9 Å². The number of rotatable bonds is 4. The summed E-state index contributed by atoms with van der Waals surface area (Å²) in [7, 11) is -3.03. The van der Waals surface area contributed by atoms with Gasteiger partial charge in [-0.1, -0.05) is 0 Å². The Morgan fingerprint density at radius 1 is 1.31 bits per heavy atom. The molecule has 140 valence electrons. The first-order valence-electron chi connectivity index (χ1n) is 9.16. The zero-order valence-electron chi connectivity index (χ0n) is 15.3. The monoisotopic (exact) mass is 376 g/mol. The van der Waals surface area contributed by atoms with E-state index in [1.165, 1.54) is 0 Å². The highest BCUT2D eigenvalue weighted by atomic mass is 32.2. The normalized spacial score (nSPS) is 22.2. The fraction of sp³-hybridized carbons (Fsp3) is 0.611. The molecule has 7 nitrogen and oxygen atoms in total. The number of nitrogens with zero attached hydrogens (tertiary/aromatic N) is 3. The summed E-state index contributed by atoms with van der Waals surface area (Å²) in [5.74, 6) is 0.532. The van der Waals surface area contributed by atoms with E-state index in [0.29, 0.717) is 29.2 Å². The van der Waals surface area contributed by atoms with Crippen LogP contribution in [0.15, 0.2) is 6.07 Å². The molecule has 1 saturated carbocycles. The largest absolute Gasteiger partial charge is 0.350 e. The van der Waals surface area contributed by atoms with Crippen molar-refractivity contribution in [1.29, 1.82) is 0 Å². The molecule has 0 bridgehead atoms. The Kier molecular flexibility index (Phi) is 4.06. The van der Waals surface area contributed by atoms with Gasteiger partial charge in [-0.3, -0.25) is 4.79 Å². The predicted molar refractivity (Wildman–Crippen MR) is 99.2 cm³/mol. The Labute approximate surface area is 153 Å². The second-order valence-corrected chi connectivity index (χ2v) is 10.0. The second kappa shape index (κ2) is 6.04. The number of amides is 1. The van der Waals surface area contributed by atoms with E-state index >= 15 is 0 Å². The maximum absolute atomic E-state index is 12.8. The van der Waals surface area contributed by atoms with Crippen LogP contribution in [0.3, 0.4) is 0 Å². The lowest BCUT2D eigenvalue weighted by Crippen LogP contribution is -2.30. The zero-order valence-corrected chi connectivity index (χ0v) is 16.1. The zero-order chi connectivity index (χ0) is 18.6. The number of carbonyl (C=O) groups excluding carboxylic acids is 1. The van der Waals surface area contributed by atoms with Gasteiger partial charge in [-0.25, -0.2) is 18.1 Å². The molecule has 1 saturated heterocycles. The van der Waals surface area contributed by atoms with E-state index in [2.05, 4.69) is 10.4 Å². The molecule has 0 unspecified atom stereocenters. The Morgan fingerprint density at radius 3 is 2.62 bits per heavy atom. The van der Waals surface area contributed by atoms with Gasteiger partial charge in [-0.05, 0) is 46.1 Å². The topological polar surface area (TPSA) is 93.9 Å². The number of pyridine rings is 1. The molecule has 0 aromatic carbocycles. The van der Waals surface area contributed by atoms with Gasteiger partial charge in [0.2, 0.25) is 0 Å². The Morgan fingerprint density at radius 2 is 2.04 bits per heavy atom. The van der Waals surface area contributed by atoms with Gasteiger partial charge in [-0.15, -0.1) is 0 Å². The van der Waals surface area contributed by atoms with Crippen molar-refractivity contribution >= 4 is 26.8 Å². The highest BCUT2D eigenvalue weighted by Crippen LogP contribution is 2.41. The number of carbonyl (C=O) groups is 1. The van der Waals surface area contributed by atoms with E-state index in [1.807, 2.05) is 26.8 Å². The molecule has 0 spiro atoms. The van der Waals surface area contributed by atoms with Crippen molar-refractivity contribution in [2.75, 3.05) is 11.5 Å². The third-order valence-corrected chi connectivity index (χ3v) is 6.82. The number of hydrogen-bond acceptors (Lipinski definition) is 5. The first kappa shape index (κ1) is 17.5. The molecule has 2 aromatic heterocycles. The number of sulfone groups is 1. The van der Waals surface area contributed by atoms with Crippen molar-refractivity contribution in [3.8, 4) is 0 Å². The van der Waals surface area contributed by atoms with Crippen molar-refractivity contribution in [2.24, 2.45) is 0 Å². The molecule has 0 radical (unpaired) electrons. The average molecular weight is 376 g/mol. The van der Waals surface area contributed by atoms with E-state index in [9.17, 15) is 13.2 Å². The fourth-order valence-electron chi connectivity index (χ4n) is 3.66. The van der Waals surface area contributed by atoms with Crippen molar-refractivity contribution in [2.45, 2.75) is 58.0 Å². The summed E-state index contributed by atoms with van der Waals surface area (Å²) in [4.78, 5) is 17.6. The van der Waals surface area contributed by atoms with E-state index in [-0.39, 0.29) is 29.5 Å². The summed E-state index contributed by atoms with van der Waals surface area (Å²) in [5.41, 5.74) is 2.86. The van der Waals surface area contributed by atoms with E-state index < -0.39 is 9.84 Å². The molecular formula is C18H24N4O3S. The van der Waals surface area contributed by atoms with Gasteiger partial charge in [0.25, 0.3) is 5.91 Å². The van der Waals surface area contributed by atoms with Crippen LogP contribution in [-0.2, 0) is 9.84 Å². The number of fused-ring (bicyclic) bond motifs is 1. The standard InChI is InChI=1S/C18H24N4O3S/c1-10(2)19-18(23)14-8-15(12-4-5-12)20-17-16(14)11(3)21-22(17)13-6-7-26(24,25)9-13/h8,10,12-13H,4-7,9H2,1-3H3,(H,19,23)/t13-/m0/s1. The predicted octanol–water partition coefficient (Wildman–Crippen LogP) is 2.11. The van der Waals surface area contributed by atoms with Gasteiger partial charge in [0, 0.05) is 17.7 Å². The number of aromatic nitrogens is 3. The highest BCUT2D eigenvalue weighted by molar-refractivity contribution is 7.91. The van der Waals surface area contributed by atoms with Crippen molar-refractivity contribution < 1.29 is 13.2 Å². The lowest BCUT2D eigenvalue weighted by atomic mass is 10.1. The lowest BCUT2D eigenvalue weighted by molar-refractivity contribution is 0.0944. The average Bonchev–Trinajstić information content (AvgIpc) is 3.27. The molecule has 2 aromatic rings. The van der Waals surface area contributed by atoms with Crippen molar-refractivity contribution in [3.05, 3.63) is 23.0 Å². The van der Waals surface area contributed by atoms with E-state index in [1.54, 1.807) is 4.68 Å².